The molecule has 0 aliphatic heterocycles. The van der Waals surface area contributed by atoms with Crippen molar-refractivity contribution in [2.45, 2.75) is 54.4 Å². The zero-order chi connectivity index (χ0) is 11.3. The van der Waals surface area contributed by atoms with Gasteiger partial charge in [0.1, 0.15) is 0 Å². The second kappa shape index (κ2) is 6.27. The van der Waals surface area contributed by atoms with Crippen LogP contribution in [0.3, 0.4) is 0 Å². The van der Waals surface area contributed by atoms with Gasteiger partial charge in [-0.15, -0.1) is 0 Å². The molecule has 0 aliphatic carbocycles. The monoisotopic (exact) mass is 196 g/mol. The van der Waals surface area contributed by atoms with E-state index in [4.69, 9.17) is 0 Å². The molecule has 0 aromatic heterocycles. The van der Waals surface area contributed by atoms with Crippen molar-refractivity contribution in [3.63, 3.8) is 0 Å². The predicted molar refractivity (Wildman–Crippen MR) is 66.4 cm³/mol. The van der Waals surface area contributed by atoms with Gasteiger partial charge in [0.15, 0.2) is 0 Å². The highest BCUT2D eigenvalue weighted by Crippen LogP contribution is 2.33. The summed E-state index contributed by atoms with van der Waals surface area (Å²) < 4.78 is 0. The Labute approximate surface area is 90.8 Å². The van der Waals surface area contributed by atoms with E-state index in [-0.39, 0.29) is 0 Å². The topological polar surface area (TPSA) is 0 Å². The van der Waals surface area contributed by atoms with E-state index in [0.717, 1.165) is 23.7 Å². The predicted octanol–water partition coefficient (Wildman–Crippen LogP) is 4.91. The zero-order valence-electron chi connectivity index (χ0n) is 10.9. The summed E-state index contributed by atoms with van der Waals surface area (Å²) in [6, 6.07) is 0. The SMILES string of the molecule is C=C(C)C(CC(C)C)C(CC)C(C)C. The number of hydrogen-bond donors (Lipinski definition) is 0. The molecule has 0 N–H and O–H groups in total. The van der Waals surface area contributed by atoms with Crippen molar-refractivity contribution >= 4 is 0 Å². The Hall–Kier alpha value is -0.260. The largest absolute Gasteiger partial charge is 0.0999 e. The summed E-state index contributed by atoms with van der Waals surface area (Å²) in [7, 11) is 0. The van der Waals surface area contributed by atoms with Gasteiger partial charge in [-0.3, -0.25) is 0 Å². The summed E-state index contributed by atoms with van der Waals surface area (Å²) in [5.74, 6) is 3.10. The summed E-state index contributed by atoms with van der Waals surface area (Å²) in [6.45, 7) is 18.0. The molecule has 14 heavy (non-hydrogen) atoms. The van der Waals surface area contributed by atoms with Gasteiger partial charge in [-0.2, -0.15) is 0 Å². The van der Waals surface area contributed by atoms with Gasteiger partial charge in [0.25, 0.3) is 0 Å². The molecule has 2 atom stereocenters. The normalized spacial score (nSPS) is 16.0. The lowest BCUT2D eigenvalue weighted by Crippen LogP contribution is -2.22. The van der Waals surface area contributed by atoms with E-state index in [2.05, 4.69) is 48.1 Å². The van der Waals surface area contributed by atoms with E-state index in [1.807, 2.05) is 0 Å². The second-order valence-corrected chi connectivity index (χ2v) is 5.40. The Morgan fingerprint density at radius 1 is 1.14 bits per heavy atom. The van der Waals surface area contributed by atoms with Crippen LogP contribution in [-0.4, -0.2) is 0 Å². The molecule has 0 heterocycles. The first-order valence-corrected chi connectivity index (χ1v) is 6.05. The maximum atomic E-state index is 4.16. The van der Waals surface area contributed by atoms with Crippen LogP contribution in [0, 0.1) is 23.7 Å². The van der Waals surface area contributed by atoms with Crippen LogP contribution in [0.15, 0.2) is 12.2 Å². The zero-order valence-corrected chi connectivity index (χ0v) is 10.9. The summed E-state index contributed by atoms with van der Waals surface area (Å²) in [4.78, 5) is 0. The lowest BCUT2D eigenvalue weighted by molar-refractivity contribution is 0.245. The van der Waals surface area contributed by atoms with Crippen molar-refractivity contribution in [2.24, 2.45) is 23.7 Å². The molecule has 2 unspecified atom stereocenters. The molecule has 0 nitrogen and oxygen atoms in total. The minimum Gasteiger partial charge on any atom is -0.0999 e. The molecule has 0 amide bonds. The molecule has 0 aromatic carbocycles. The molecule has 0 spiro atoms. The van der Waals surface area contributed by atoms with Gasteiger partial charge in [-0.25, -0.2) is 0 Å². The van der Waals surface area contributed by atoms with Crippen molar-refractivity contribution < 1.29 is 0 Å². The lowest BCUT2D eigenvalue weighted by atomic mass is 9.74. The van der Waals surface area contributed by atoms with Gasteiger partial charge in [0.2, 0.25) is 0 Å². The average molecular weight is 196 g/mol. The van der Waals surface area contributed by atoms with E-state index < -0.39 is 0 Å². The Bertz CT molecular complexity index is 165. The summed E-state index contributed by atoms with van der Waals surface area (Å²) in [5.41, 5.74) is 1.37. The molecule has 0 aromatic rings. The smallest absolute Gasteiger partial charge is 0.0176 e. The molecule has 0 saturated heterocycles. The fraction of sp³-hybridized carbons (Fsp3) is 0.857. The molecular formula is C14H28. The Balaban J connectivity index is 4.52. The Morgan fingerprint density at radius 3 is 1.86 bits per heavy atom. The van der Waals surface area contributed by atoms with Crippen LogP contribution in [0.1, 0.15) is 54.4 Å². The minimum absolute atomic E-state index is 0.722. The number of allylic oxidation sites excluding steroid dienone is 1. The number of hydrogen-bond acceptors (Lipinski definition) is 0. The van der Waals surface area contributed by atoms with Crippen molar-refractivity contribution in [2.75, 3.05) is 0 Å². The van der Waals surface area contributed by atoms with E-state index in [1.54, 1.807) is 0 Å². The molecule has 0 saturated carbocycles. The minimum atomic E-state index is 0.722. The van der Waals surface area contributed by atoms with Gasteiger partial charge in [-0.1, -0.05) is 53.2 Å². The fourth-order valence-corrected chi connectivity index (χ4v) is 2.47. The molecule has 0 rings (SSSR count). The first-order valence-electron chi connectivity index (χ1n) is 6.05. The van der Waals surface area contributed by atoms with E-state index in [9.17, 15) is 0 Å². The Morgan fingerprint density at radius 2 is 1.64 bits per heavy atom. The van der Waals surface area contributed by atoms with E-state index in [1.165, 1.54) is 18.4 Å². The molecule has 0 fully saturated rings. The Kier molecular flexibility index (Phi) is 6.15. The van der Waals surface area contributed by atoms with E-state index in [0.29, 0.717) is 0 Å². The van der Waals surface area contributed by atoms with Crippen molar-refractivity contribution in [3.8, 4) is 0 Å². The first kappa shape index (κ1) is 13.7. The van der Waals surface area contributed by atoms with Gasteiger partial charge >= 0.3 is 0 Å². The highest BCUT2D eigenvalue weighted by Gasteiger charge is 2.23. The lowest BCUT2D eigenvalue weighted by Gasteiger charge is -2.31. The van der Waals surface area contributed by atoms with Gasteiger partial charge in [-0.05, 0) is 37.0 Å². The molecule has 0 aliphatic rings. The van der Waals surface area contributed by atoms with Crippen LogP contribution in [0.2, 0.25) is 0 Å². The third-order valence-electron chi connectivity index (χ3n) is 3.20. The van der Waals surface area contributed by atoms with Crippen molar-refractivity contribution in [1.29, 1.82) is 0 Å². The van der Waals surface area contributed by atoms with Gasteiger partial charge < -0.3 is 0 Å². The third kappa shape index (κ3) is 4.30. The van der Waals surface area contributed by atoms with E-state index >= 15 is 0 Å². The van der Waals surface area contributed by atoms with Crippen LogP contribution < -0.4 is 0 Å². The van der Waals surface area contributed by atoms with Crippen molar-refractivity contribution in [1.82, 2.24) is 0 Å². The standard InChI is InChI=1S/C14H28/c1-8-13(11(4)5)14(12(6)7)9-10(2)3/h10-11,13-14H,6,8-9H2,1-5,7H3. The van der Waals surface area contributed by atoms with Crippen LogP contribution >= 0.6 is 0 Å². The molecule has 0 radical (unpaired) electrons. The van der Waals surface area contributed by atoms with Crippen LogP contribution in [0.25, 0.3) is 0 Å². The highest BCUT2D eigenvalue weighted by molar-refractivity contribution is 4.99. The fourth-order valence-electron chi connectivity index (χ4n) is 2.47. The molecule has 0 bridgehead atoms. The number of rotatable bonds is 6. The summed E-state index contributed by atoms with van der Waals surface area (Å²) in [6.07, 6.45) is 2.58. The molecule has 0 heteroatoms. The molecular weight excluding hydrogens is 168 g/mol. The third-order valence-corrected chi connectivity index (χ3v) is 3.20. The maximum Gasteiger partial charge on any atom is -0.0176 e. The second-order valence-electron chi connectivity index (χ2n) is 5.40. The van der Waals surface area contributed by atoms with Gasteiger partial charge in [0.05, 0.1) is 0 Å². The summed E-state index contributed by atoms with van der Waals surface area (Å²) >= 11 is 0. The summed E-state index contributed by atoms with van der Waals surface area (Å²) in [5, 5.41) is 0. The van der Waals surface area contributed by atoms with Crippen LogP contribution in [0.5, 0.6) is 0 Å². The van der Waals surface area contributed by atoms with Crippen molar-refractivity contribution in [3.05, 3.63) is 12.2 Å². The molecule has 84 valence electrons. The maximum absolute atomic E-state index is 4.16. The first-order chi connectivity index (χ1) is 6.40. The highest BCUT2D eigenvalue weighted by atomic mass is 14.3. The van der Waals surface area contributed by atoms with Crippen LogP contribution in [0.4, 0.5) is 0 Å². The average Bonchev–Trinajstić information content (AvgIpc) is 2.02. The quantitative estimate of drug-likeness (QED) is 0.530. The van der Waals surface area contributed by atoms with Crippen LogP contribution in [-0.2, 0) is 0 Å². The van der Waals surface area contributed by atoms with Gasteiger partial charge in [0, 0.05) is 0 Å².